The van der Waals surface area contributed by atoms with Crippen molar-refractivity contribution in [1.82, 2.24) is 14.5 Å². The van der Waals surface area contributed by atoms with E-state index in [0.717, 1.165) is 5.56 Å². The highest BCUT2D eigenvalue weighted by Gasteiger charge is 2.39. The number of pyridine rings is 1. The number of nitrogens with zero attached hydrogens (tertiary/aromatic N) is 3. The molecule has 0 spiro atoms. The smallest absolute Gasteiger partial charge is 0.323 e. The molecular formula is C22H21ClFN5O3. The molecule has 0 radical (unpaired) electrons. The van der Waals surface area contributed by atoms with E-state index in [4.69, 9.17) is 17.3 Å². The Morgan fingerprint density at radius 3 is 2.78 bits per heavy atom. The lowest BCUT2D eigenvalue weighted by atomic mass is 10.0. The van der Waals surface area contributed by atoms with E-state index in [1.807, 2.05) is 0 Å². The Morgan fingerprint density at radius 1 is 1.25 bits per heavy atom. The van der Waals surface area contributed by atoms with Gasteiger partial charge < -0.3 is 16.0 Å². The normalized spacial score (nSPS) is 18.1. The van der Waals surface area contributed by atoms with Crippen LogP contribution in [0, 0.1) is 0 Å². The van der Waals surface area contributed by atoms with Crippen LogP contribution < -0.4 is 11.1 Å². The second-order valence-corrected chi connectivity index (χ2v) is 8.11. The Balaban J connectivity index is 1.49. The van der Waals surface area contributed by atoms with Gasteiger partial charge in [0, 0.05) is 36.8 Å². The minimum absolute atomic E-state index is 0.0525. The number of ketones is 1. The second-order valence-electron chi connectivity index (χ2n) is 7.68. The minimum atomic E-state index is -1.30. The van der Waals surface area contributed by atoms with Gasteiger partial charge in [-0.3, -0.25) is 14.3 Å². The molecule has 3 aromatic rings. The van der Waals surface area contributed by atoms with E-state index in [0.29, 0.717) is 28.0 Å². The van der Waals surface area contributed by atoms with Crippen LogP contribution in [0.3, 0.4) is 0 Å². The molecule has 2 atom stereocenters. The van der Waals surface area contributed by atoms with Crippen LogP contribution in [0.5, 0.6) is 0 Å². The van der Waals surface area contributed by atoms with Crippen molar-refractivity contribution in [2.75, 3.05) is 11.9 Å². The summed E-state index contributed by atoms with van der Waals surface area (Å²) < 4.78 is 15.4. The van der Waals surface area contributed by atoms with Gasteiger partial charge in [0.05, 0.1) is 28.8 Å². The number of hydrogen-bond acceptors (Lipinski definition) is 4. The zero-order valence-electron chi connectivity index (χ0n) is 17.0. The van der Waals surface area contributed by atoms with Gasteiger partial charge in [-0.25, -0.2) is 14.0 Å². The third-order valence-corrected chi connectivity index (χ3v) is 5.70. The van der Waals surface area contributed by atoms with Crippen LogP contribution in [0.25, 0.3) is 10.9 Å². The van der Waals surface area contributed by atoms with Crippen molar-refractivity contribution in [1.29, 1.82) is 0 Å². The molecule has 1 fully saturated rings. The number of carbonyl (C=O) groups excluding carboxylic acids is 3. The zero-order valence-corrected chi connectivity index (χ0v) is 17.8. The molecule has 4 rings (SSSR count). The fraction of sp³-hybridized carbons (Fsp3) is 0.273. The van der Waals surface area contributed by atoms with Crippen LogP contribution in [0.2, 0.25) is 5.02 Å². The third-order valence-electron chi connectivity index (χ3n) is 5.50. The summed E-state index contributed by atoms with van der Waals surface area (Å²) in [4.78, 5) is 42.7. The number of Topliss-reactive ketones (excluding diaryl/α,β-unsaturated/α-hetero) is 1. The van der Waals surface area contributed by atoms with Gasteiger partial charge in [-0.05, 0) is 24.1 Å². The molecule has 0 saturated carbocycles. The highest BCUT2D eigenvalue weighted by Crippen LogP contribution is 2.28. The summed E-state index contributed by atoms with van der Waals surface area (Å²) in [6, 6.07) is 6.46. The van der Waals surface area contributed by atoms with E-state index in [-0.39, 0.29) is 25.2 Å². The van der Waals surface area contributed by atoms with Gasteiger partial charge in [0.15, 0.2) is 5.78 Å². The van der Waals surface area contributed by atoms with E-state index in [1.54, 1.807) is 36.5 Å². The first-order chi connectivity index (χ1) is 15.3. The summed E-state index contributed by atoms with van der Waals surface area (Å²) >= 11 is 5.92. The van der Waals surface area contributed by atoms with Crippen LogP contribution in [-0.4, -0.2) is 51.1 Å². The number of hydrogen-bond donors (Lipinski definition) is 2. The zero-order chi connectivity index (χ0) is 22.8. The number of urea groups is 1. The molecular weight excluding hydrogens is 437 g/mol. The van der Waals surface area contributed by atoms with Gasteiger partial charge in [-0.1, -0.05) is 29.8 Å². The Labute approximate surface area is 188 Å². The van der Waals surface area contributed by atoms with Crippen molar-refractivity contribution < 1.29 is 18.8 Å². The summed E-state index contributed by atoms with van der Waals surface area (Å²) in [5.74, 6) is -0.236. The largest absolute Gasteiger partial charge is 0.351 e. The van der Waals surface area contributed by atoms with Crippen molar-refractivity contribution in [2.24, 2.45) is 5.73 Å². The number of halogens is 2. The van der Waals surface area contributed by atoms with Gasteiger partial charge in [0.1, 0.15) is 6.17 Å². The number of carbonyl (C=O) groups is 3. The Hall–Kier alpha value is -3.46. The molecule has 3 heterocycles. The van der Waals surface area contributed by atoms with E-state index in [1.165, 1.54) is 21.9 Å². The minimum Gasteiger partial charge on any atom is -0.351 e. The first-order valence-electron chi connectivity index (χ1n) is 10.1. The lowest BCUT2D eigenvalue weighted by Crippen LogP contribution is -2.43. The van der Waals surface area contributed by atoms with Gasteiger partial charge in [0.2, 0.25) is 0 Å². The third kappa shape index (κ3) is 4.43. The number of nitrogens with two attached hydrogens (primary N) is 1. The number of amides is 3. The predicted octanol–water partition coefficient (Wildman–Crippen LogP) is 3.76. The van der Waals surface area contributed by atoms with Crippen LogP contribution in [0.15, 0.2) is 48.9 Å². The van der Waals surface area contributed by atoms with Crippen molar-refractivity contribution in [3.05, 3.63) is 59.5 Å². The molecule has 1 aromatic carbocycles. The summed E-state index contributed by atoms with van der Waals surface area (Å²) in [7, 11) is 0. The fourth-order valence-electron chi connectivity index (χ4n) is 3.99. The average Bonchev–Trinajstić information content (AvgIpc) is 3.33. The summed E-state index contributed by atoms with van der Waals surface area (Å²) in [5, 5.41) is 3.77. The fourth-order valence-corrected chi connectivity index (χ4v) is 4.19. The summed E-state index contributed by atoms with van der Waals surface area (Å²) in [5.41, 5.74) is 7.08. The number of nitrogens with one attached hydrogen (secondary N) is 1. The number of aromatic nitrogens is 2. The number of anilines is 1. The van der Waals surface area contributed by atoms with Crippen molar-refractivity contribution in [2.45, 2.75) is 31.5 Å². The van der Waals surface area contributed by atoms with Gasteiger partial charge >= 0.3 is 12.1 Å². The molecule has 3 amide bonds. The topological polar surface area (TPSA) is 110 Å². The monoisotopic (exact) mass is 457 g/mol. The van der Waals surface area contributed by atoms with Gasteiger partial charge in [0.25, 0.3) is 0 Å². The van der Waals surface area contributed by atoms with Gasteiger partial charge in [-0.15, -0.1) is 0 Å². The van der Waals surface area contributed by atoms with Crippen molar-refractivity contribution >= 4 is 46.0 Å². The SMILES string of the molecule is NC(=O)n1cc(NC(=O)N2C[C@H](F)C[C@H]2C(=O)CCc2cncc(Cl)c2)c2ccccc21. The number of likely N-dealkylation sites (tertiary alicyclic amines) is 1. The molecule has 166 valence electrons. The highest BCUT2D eigenvalue weighted by molar-refractivity contribution is 6.30. The number of aryl methyl sites for hydroxylation is 1. The predicted molar refractivity (Wildman–Crippen MR) is 119 cm³/mol. The summed E-state index contributed by atoms with van der Waals surface area (Å²) in [6.45, 7) is -0.185. The first kappa shape index (κ1) is 21.8. The molecule has 10 heteroatoms. The molecule has 3 N–H and O–H groups in total. The molecule has 1 saturated heterocycles. The lowest BCUT2D eigenvalue weighted by Gasteiger charge is -2.23. The van der Waals surface area contributed by atoms with E-state index < -0.39 is 24.3 Å². The van der Waals surface area contributed by atoms with Crippen LogP contribution in [-0.2, 0) is 11.2 Å². The maximum absolute atomic E-state index is 14.2. The highest BCUT2D eigenvalue weighted by atomic mass is 35.5. The second kappa shape index (κ2) is 8.96. The van der Waals surface area contributed by atoms with Crippen LogP contribution >= 0.6 is 11.6 Å². The van der Waals surface area contributed by atoms with Gasteiger partial charge in [-0.2, -0.15) is 0 Å². The molecule has 2 aromatic heterocycles. The standard InChI is InChI=1S/C22H21ClFN5O3/c23-14-7-13(9-26-10-14)5-6-20(30)19-8-15(24)11-29(19)22(32)27-17-12-28(21(25)31)18-4-2-1-3-16(17)18/h1-4,7,9-10,12,15,19H,5-6,8,11H2,(H2,25,31)(H,27,32)/t15-,19+/m1/s1. The molecule has 0 aliphatic carbocycles. The van der Waals surface area contributed by atoms with Crippen LogP contribution in [0.1, 0.15) is 18.4 Å². The summed E-state index contributed by atoms with van der Waals surface area (Å²) in [6.07, 6.45) is 3.70. The number of rotatable bonds is 5. The maximum Gasteiger partial charge on any atom is 0.323 e. The number of para-hydroxylation sites is 1. The quantitative estimate of drug-likeness (QED) is 0.607. The maximum atomic E-state index is 14.2. The molecule has 1 aliphatic rings. The number of primary amides is 1. The number of alkyl halides is 1. The van der Waals surface area contributed by atoms with Crippen molar-refractivity contribution in [3.8, 4) is 0 Å². The Kier molecular flexibility index (Phi) is 6.09. The van der Waals surface area contributed by atoms with E-state index >= 15 is 0 Å². The van der Waals surface area contributed by atoms with Crippen molar-refractivity contribution in [3.63, 3.8) is 0 Å². The van der Waals surface area contributed by atoms with Crippen LogP contribution in [0.4, 0.5) is 19.7 Å². The molecule has 0 unspecified atom stereocenters. The molecule has 1 aliphatic heterocycles. The Morgan fingerprint density at radius 2 is 2.03 bits per heavy atom. The number of benzene rings is 1. The molecule has 32 heavy (non-hydrogen) atoms. The first-order valence-corrected chi connectivity index (χ1v) is 10.4. The lowest BCUT2D eigenvalue weighted by molar-refractivity contribution is -0.122. The number of fused-ring (bicyclic) bond motifs is 1. The van der Waals surface area contributed by atoms with E-state index in [2.05, 4.69) is 10.3 Å². The molecule has 8 nitrogen and oxygen atoms in total. The Bertz CT molecular complexity index is 1200. The average molecular weight is 458 g/mol. The molecule has 0 bridgehead atoms. The van der Waals surface area contributed by atoms with E-state index in [9.17, 15) is 18.8 Å².